The molecule has 5 aliphatic heterocycles. The van der Waals surface area contributed by atoms with Crippen molar-refractivity contribution in [1.29, 1.82) is 0 Å². The van der Waals surface area contributed by atoms with Gasteiger partial charge in [0.15, 0.2) is 37.7 Å². The molecule has 47 heavy (non-hydrogen) atoms. The quantitative estimate of drug-likeness (QED) is 0.134. The molecule has 272 valence electrons. The van der Waals surface area contributed by atoms with E-state index in [0.717, 1.165) is 0 Å². The molecule has 0 aromatic heterocycles. The Morgan fingerprint density at radius 1 is 0.596 bits per heavy atom. The molecule has 5 heterocycles. The van der Waals surface area contributed by atoms with Crippen LogP contribution >= 0.6 is 0 Å². The third-order valence-corrected chi connectivity index (χ3v) is 9.43. The lowest BCUT2D eigenvalue weighted by atomic mass is 9.98. The number of hydrogen-bond donors (Lipinski definition) is 6. The Morgan fingerprint density at radius 2 is 1.26 bits per heavy atom. The van der Waals surface area contributed by atoms with Gasteiger partial charge in [0.1, 0.15) is 42.7 Å². The molecular formula is C30H50O17. The summed E-state index contributed by atoms with van der Waals surface area (Å²) in [5, 5.41) is 62.9. The van der Waals surface area contributed by atoms with E-state index in [0.29, 0.717) is 19.1 Å². The van der Waals surface area contributed by atoms with E-state index in [1.54, 1.807) is 20.8 Å². The van der Waals surface area contributed by atoms with Crippen LogP contribution in [0.1, 0.15) is 52.9 Å². The van der Waals surface area contributed by atoms with Crippen LogP contribution < -0.4 is 0 Å². The Balaban J connectivity index is 1.07. The summed E-state index contributed by atoms with van der Waals surface area (Å²) in [5.41, 5.74) is 0. The molecule has 6 unspecified atom stereocenters. The van der Waals surface area contributed by atoms with Gasteiger partial charge >= 0.3 is 0 Å². The maximum absolute atomic E-state index is 11.9. The van der Waals surface area contributed by atoms with Crippen molar-refractivity contribution < 1.29 is 82.8 Å². The first-order chi connectivity index (χ1) is 22.4. The van der Waals surface area contributed by atoms with Crippen LogP contribution in [0.4, 0.5) is 0 Å². The number of aldehydes is 1. The Bertz CT molecular complexity index is 968. The first-order valence-electron chi connectivity index (χ1n) is 16.3. The standard InChI is InChI=1S/C30H50O17/c1-12-18(44-30-27(37)26(36)29(19(10-31)45-30)47-24-8-16(33)25(35)13(2)41-24)5-6-21(40-12)43-20-11-39-23(7-15(20)32)46-28-14(3)42-22(38-4)9-17(28)34/h10,12-30,32-37H,5-9,11H2,1-4H3/t12?,13-,14?,15?,16?,17?,18-,19-,20+,21+,22-,23+,24+,25+,26?,27-,28+,29+,30+/m0/s1. The summed E-state index contributed by atoms with van der Waals surface area (Å²) in [5.74, 6) is 0. The second-order valence-electron chi connectivity index (χ2n) is 12.9. The van der Waals surface area contributed by atoms with E-state index in [2.05, 4.69) is 0 Å². The van der Waals surface area contributed by atoms with E-state index < -0.39 is 117 Å². The molecule has 0 radical (unpaired) electrons. The summed E-state index contributed by atoms with van der Waals surface area (Å²) >= 11 is 0. The average molecular weight is 683 g/mol. The van der Waals surface area contributed by atoms with Gasteiger partial charge in [0.05, 0.1) is 49.3 Å². The molecule has 0 spiro atoms. The minimum Gasteiger partial charge on any atom is -0.390 e. The molecule has 17 nitrogen and oxygen atoms in total. The van der Waals surface area contributed by atoms with Gasteiger partial charge in [-0.25, -0.2) is 0 Å². The summed E-state index contributed by atoms with van der Waals surface area (Å²) in [7, 11) is 1.50. The molecule has 0 aromatic rings. The predicted molar refractivity (Wildman–Crippen MR) is 153 cm³/mol. The number of carbonyl (C=O) groups is 1. The Hall–Kier alpha value is -0.970. The highest BCUT2D eigenvalue weighted by molar-refractivity contribution is 5.57. The van der Waals surface area contributed by atoms with Crippen molar-refractivity contribution in [2.75, 3.05) is 13.7 Å². The maximum atomic E-state index is 11.9. The smallest absolute Gasteiger partial charge is 0.187 e. The zero-order chi connectivity index (χ0) is 34.0. The normalized spacial score (nSPS) is 51.4. The topological polar surface area (TPSA) is 231 Å². The van der Waals surface area contributed by atoms with Crippen molar-refractivity contribution in [2.45, 2.75) is 170 Å². The zero-order valence-corrected chi connectivity index (χ0v) is 27.0. The molecule has 5 fully saturated rings. The number of aliphatic hydroxyl groups is 6. The van der Waals surface area contributed by atoms with Gasteiger partial charge in [-0.15, -0.1) is 0 Å². The molecule has 0 amide bonds. The fourth-order valence-electron chi connectivity index (χ4n) is 6.61. The molecule has 17 heteroatoms. The molecule has 0 aliphatic carbocycles. The van der Waals surface area contributed by atoms with Crippen LogP contribution in [0.15, 0.2) is 0 Å². The minimum absolute atomic E-state index is 0.0272. The molecule has 0 bridgehead atoms. The van der Waals surface area contributed by atoms with Crippen molar-refractivity contribution in [3.05, 3.63) is 0 Å². The van der Waals surface area contributed by atoms with Crippen LogP contribution in [-0.4, -0.2) is 168 Å². The van der Waals surface area contributed by atoms with Crippen molar-refractivity contribution in [2.24, 2.45) is 0 Å². The lowest BCUT2D eigenvalue weighted by Crippen LogP contribution is -2.62. The molecule has 5 saturated heterocycles. The SMILES string of the molecule is CO[C@@H]1CC(O)[C@H](O[C@@H]2CC(O)[C@H](O[C@@H]3CC[C@H](O[C@@H]4O[C@@H](C=O)[C@@H](O[C@@H]5CC(O)[C@H](O)[C@H](C)O5)C(O)[C@@H]4O)C(C)O3)CO2)C(C)O1. The predicted octanol–water partition coefficient (Wildman–Crippen LogP) is -2.20. The fraction of sp³-hybridized carbons (Fsp3) is 0.967. The highest BCUT2D eigenvalue weighted by Gasteiger charge is 2.50. The first-order valence-corrected chi connectivity index (χ1v) is 16.3. The van der Waals surface area contributed by atoms with E-state index in [4.69, 9.17) is 47.4 Å². The summed E-state index contributed by atoms with van der Waals surface area (Å²) in [6.07, 6.45) is -16.5. The van der Waals surface area contributed by atoms with E-state index in [-0.39, 0.29) is 25.9 Å². The van der Waals surface area contributed by atoms with Gasteiger partial charge in [-0.1, -0.05) is 0 Å². The maximum Gasteiger partial charge on any atom is 0.187 e. The molecular weight excluding hydrogens is 632 g/mol. The van der Waals surface area contributed by atoms with E-state index in [1.165, 1.54) is 7.11 Å². The highest BCUT2D eigenvalue weighted by Crippen LogP contribution is 2.33. The first kappa shape index (κ1) is 37.3. The average Bonchev–Trinajstić information content (AvgIpc) is 3.03. The second kappa shape index (κ2) is 16.4. The number of methoxy groups -OCH3 is 1. The van der Waals surface area contributed by atoms with Crippen LogP contribution in [0.25, 0.3) is 0 Å². The molecule has 0 aromatic carbocycles. The van der Waals surface area contributed by atoms with Gasteiger partial charge in [0.25, 0.3) is 0 Å². The third-order valence-electron chi connectivity index (χ3n) is 9.43. The lowest BCUT2D eigenvalue weighted by molar-refractivity contribution is -0.348. The summed E-state index contributed by atoms with van der Waals surface area (Å²) in [4.78, 5) is 11.9. The Labute approximate surface area is 272 Å². The summed E-state index contributed by atoms with van der Waals surface area (Å²) in [6, 6.07) is 0. The van der Waals surface area contributed by atoms with Crippen molar-refractivity contribution >= 4 is 6.29 Å². The molecule has 6 N–H and O–H groups in total. The van der Waals surface area contributed by atoms with Crippen molar-refractivity contribution in [1.82, 2.24) is 0 Å². The van der Waals surface area contributed by atoms with Crippen molar-refractivity contribution in [3.8, 4) is 0 Å². The monoisotopic (exact) mass is 682 g/mol. The number of ether oxygens (including phenoxy) is 10. The van der Waals surface area contributed by atoms with Crippen LogP contribution in [-0.2, 0) is 52.2 Å². The number of hydrogen-bond acceptors (Lipinski definition) is 17. The number of carbonyl (C=O) groups excluding carboxylic acids is 1. The Kier molecular flexibility index (Phi) is 13.0. The van der Waals surface area contributed by atoms with Gasteiger partial charge in [-0.2, -0.15) is 0 Å². The van der Waals surface area contributed by atoms with Crippen molar-refractivity contribution in [3.63, 3.8) is 0 Å². The van der Waals surface area contributed by atoms with Gasteiger partial charge in [0, 0.05) is 32.8 Å². The number of aliphatic hydroxyl groups excluding tert-OH is 6. The fourth-order valence-corrected chi connectivity index (χ4v) is 6.61. The van der Waals surface area contributed by atoms with Crippen LogP contribution in [0.2, 0.25) is 0 Å². The number of rotatable bonds is 10. The van der Waals surface area contributed by atoms with Gasteiger partial charge in [-0.05, 0) is 27.2 Å². The Morgan fingerprint density at radius 3 is 1.89 bits per heavy atom. The van der Waals surface area contributed by atoms with Gasteiger partial charge < -0.3 is 82.8 Å². The summed E-state index contributed by atoms with van der Waals surface area (Å²) < 4.78 is 57.5. The van der Waals surface area contributed by atoms with Crippen LogP contribution in [0.5, 0.6) is 0 Å². The largest absolute Gasteiger partial charge is 0.390 e. The molecule has 19 atom stereocenters. The van der Waals surface area contributed by atoms with Gasteiger partial charge in [-0.3, -0.25) is 0 Å². The lowest BCUT2D eigenvalue weighted by Gasteiger charge is -2.45. The zero-order valence-electron chi connectivity index (χ0n) is 27.0. The minimum atomic E-state index is -1.59. The molecule has 0 saturated carbocycles. The third kappa shape index (κ3) is 8.86. The van der Waals surface area contributed by atoms with E-state index in [1.807, 2.05) is 0 Å². The van der Waals surface area contributed by atoms with Crippen LogP contribution in [0, 0.1) is 0 Å². The van der Waals surface area contributed by atoms with E-state index >= 15 is 0 Å². The van der Waals surface area contributed by atoms with E-state index in [9.17, 15) is 35.4 Å². The highest BCUT2D eigenvalue weighted by atomic mass is 16.8. The molecule has 5 aliphatic rings. The second-order valence-corrected chi connectivity index (χ2v) is 12.9. The summed E-state index contributed by atoms with van der Waals surface area (Å²) in [6.45, 7) is 5.08. The van der Waals surface area contributed by atoms with Gasteiger partial charge in [0.2, 0.25) is 0 Å². The molecule has 5 rings (SSSR count). The van der Waals surface area contributed by atoms with Crippen LogP contribution in [0.3, 0.4) is 0 Å².